The average Bonchev–Trinajstić information content (AvgIpc) is 3.17. The molecule has 1 saturated heterocycles. The third-order valence-corrected chi connectivity index (χ3v) is 5.56. The van der Waals surface area contributed by atoms with Crippen LogP contribution in [0.4, 0.5) is 0 Å². The molecule has 5 rings (SSSR count). The van der Waals surface area contributed by atoms with E-state index in [1.165, 1.54) is 6.33 Å². The van der Waals surface area contributed by atoms with Gasteiger partial charge in [0.1, 0.15) is 11.9 Å². The van der Waals surface area contributed by atoms with Crippen LogP contribution in [-0.4, -0.2) is 38.2 Å². The molecular formula is C19H20N6O2. The number of hydrogen-bond acceptors (Lipinski definition) is 5. The van der Waals surface area contributed by atoms with Crippen LogP contribution in [0.25, 0.3) is 5.65 Å². The van der Waals surface area contributed by atoms with Crippen molar-refractivity contribution in [1.82, 2.24) is 29.8 Å². The van der Waals surface area contributed by atoms with Crippen molar-refractivity contribution in [1.29, 1.82) is 0 Å². The highest BCUT2D eigenvalue weighted by Crippen LogP contribution is 2.31. The van der Waals surface area contributed by atoms with Crippen LogP contribution >= 0.6 is 0 Å². The highest BCUT2D eigenvalue weighted by atomic mass is 16.2. The fourth-order valence-electron chi connectivity index (χ4n) is 4.26. The minimum absolute atomic E-state index is 0.192. The molecule has 138 valence electrons. The molecule has 2 aliphatic heterocycles. The highest BCUT2D eigenvalue weighted by molar-refractivity contribution is 5.93. The maximum atomic E-state index is 12.9. The van der Waals surface area contributed by atoms with Gasteiger partial charge in [0, 0.05) is 24.7 Å². The molecule has 2 N–H and O–H groups in total. The Morgan fingerprint density at radius 2 is 2.19 bits per heavy atom. The Balaban J connectivity index is 1.40. The summed E-state index contributed by atoms with van der Waals surface area (Å²) < 4.78 is 3.47. The van der Waals surface area contributed by atoms with Gasteiger partial charge in [-0.3, -0.25) is 9.59 Å². The normalized spacial score (nSPS) is 21.0. The predicted molar refractivity (Wildman–Crippen MR) is 98.6 cm³/mol. The van der Waals surface area contributed by atoms with E-state index in [0.717, 1.165) is 36.5 Å². The highest BCUT2D eigenvalue weighted by Gasteiger charge is 2.31. The number of pyridine rings is 2. The maximum Gasteiger partial charge on any atom is 0.263 e. The molecule has 0 aliphatic carbocycles. The van der Waals surface area contributed by atoms with Gasteiger partial charge in [0.25, 0.3) is 11.5 Å². The molecule has 8 heteroatoms. The van der Waals surface area contributed by atoms with E-state index in [1.807, 2.05) is 24.3 Å². The first-order chi connectivity index (χ1) is 13.2. The summed E-state index contributed by atoms with van der Waals surface area (Å²) in [6.45, 7) is 2.77. The fraction of sp³-hybridized carbons (Fsp3) is 0.368. The van der Waals surface area contributed by atoms with Gasteiger partial charge >= 0.3 is 0 Å². The molecule has 0 aromatic carbocycles. The largest absolute Gasteiger partial charge is 0.346 e. The molecular weight excluding hydrogens is 344 g/mol. The van der Waals surface area contributed by atoms with Gasteiger partial charge in [-0.15, -0.1) is 0 Å². The molecule has 1 fully saturated rings. The summed E-state index contributed by atoms with van der Waals surface area (Å²) in [5.74, 6) is 0.450. The lowest BCUT2D eigenvalue weighted by atomic mass is 9.84. The number of nitrogens with zero attached hydrogens (tertiary/aromatic N) is 4. The maximum absolute atomic E-state index is 12.9. The Hall–Kier alpha value is -3.00. The smallest absolute Gasteiger partial charge is 0.263 e. The standard InChI is InChI=1S/C19H20N6O2/c26-18(21-9-14-2-1-3-17-22-11-23-25(14)17)15-4-5-16-13-6-12(7-20-8-13)10-24(16)19(15)27/h1-5,11-13,20H,6-10H2,(H,21,26)/t12-,13+/m0/s1. The van der Waals surface area contributed by atoms with E-state index in [-0.39, 0.29) is 23.6 Å². The number of rotatable bonds is 3. The second-order valence-corrected chi connectivity index (χ2v) is 7.27. The minimum Gasteiger partial charge on any atom is -0.346 e. The van der Waals surface area contributed by atoms with Crippen molar-refractivity contribution in [2.24, 2.45) is 5.92 Å². The summed E-state index contributed by atoms with van der Waals surface area (Å²) in [6.07, 6.45) is 2.59. The van der Waals surface area contributed by atoms with E-state index in [2.05, 4.69) is 20.7 Å². The van der Waals surface area contributed by atoms with Crippen molar-refractivity contribution in [3.05, 3.63) is 64.0 Å². The molecule has 0 unspecified atom stereocenters. The van der Waals surface area contributed by atoms with Crippen LogP contribution in [0, 0.1) is 5.92 Å². The van der Waals surface area contributed by atoms with E-state index in [0.29, 0.717) is 18.4 Å². The van der Waals surface area contributed by atoms with E-state index < -0.39 is 0 Å². The lowest BCUT2D eigenvalue weighted by Crippen LogP contribution is -2.46. The zero-order valence-corrected chi connectivity index (χ0v) is 14.8. The van der Waals surface area contributed by atoms with Gasteiger partial charge in [0.15, 0.2) is 5.65 Å². The lowest BCUT2D eigenvalue weighted by molar-refractivity contribution is 0.0947. The summed E-state index contributed by atoms with van der Waals surface area (Å²) in [5, 5.41) is 10.4. The van der Waals surface area contributed by atoms with Gasteiger partial charge < -0.3 is 15.2 Å². The number of nitrogens with one attached hydrogen (secondary N) is 2. The molecule has 0 saturated carbocycles. The summed E-state index contributed by atoms with van der Waals surface area (Å²) >= 11 is 0. The quantitative estimate of drug-likeness (QED) is 0.707. The van der Waals surface area contributed by atoms with E-state index in [4.69, 9.17) is 0 Å². The number of amides is 1. The van der Waals surface area contributed by atoms with Crippen molar-refractivity contribution in [2.45, 2.75) is 25.4 Å². The molecule has 0 radical (unpaired) electrons. The van der Waals surface area contributed by atoms with Crippen LogP contribution in [0.5, 0.6) is 0 Å². The Labute approximate surface area is 155 Å². The predicted octanol–water partition coefficient (Wildman–Crippen LogP) is 0.528. The molecule has 1 amide bonds. The first kappa shape index (κ1) is 16.2. The Bertz CT molecular complexity index is 1090. The number of hydrogen-bond donors (Lipinski definition) is 2. The van der Waals surface area contributed by atoms with E-state index >= 15 is 0 Å². The Morgan fingerprint density at radius 1 is 1.26 bits per heavy atom. The molecule has 3 aromatic heterocycles. The third kappa shape index (κ3) is 2.73. The first-order valence-corrected chi connectivity index (χ1v) is 9.21. The molecule has 2 bridgehead atoms. The molecule has 2 atom stereocenters. The summed E-state index contributed by atoms with van der Waals surface area (Å²) in [5.41, 5.74) is 2.55. The van der Waals surface area contributed by atoms with Crippen LogP contribution in [0.15, 0.2) is 41.5 Å². The summed E-state index contributed by atoms with van der Waals surface area (Å²) in [7, 11) is 0. The van der Waals surface area contributed by atoms with Crippen LogP contribution in [0.1, 0.15) is 34.1 Å². The number of aromatic nitrogens is 4. The van der Waals surface area contributed by atoms with Crippen molar-refractivity contribution >= 4 is 11.6 Å². The SMILES string of the molecule is O=C(NCc1cccc2ncnn12)c1ccc2n(c1=O)C[C@@H]1CNC[C@H]2C1. The Kier molecular flexibility index (Phi) is 3.78. The first-order valence-electron chi connectivity index (χ1n) is 9.21. The number of piperidine rings is 1. The van der Waals surface area contributed by atoms with Crippen LogP contribution < -0.4 is 16.2 Å². The minimum atomic E-state index is -0.360. The average molecular weight is 364 g/mol. The summed E-state index contributed by atoms with van der Waals surface area (Å²) in [4.78, 5) is 29.7. The van der Waals surface area contributed by atoms with Crippen LogP contribution in [0.3, 0.4) is 0 Å². The molecule has 2 aliphatic rings. The fourth-order valence-corrected chi connectivity index (χ4v) is 4.26. The molecule has 3 aromatic rings. The second kappa shape index (κ2) is 6.31. The van der Waals surface area contributed by atoms with E-state index in [9.17, 15) is 9.59 Å². The zero-order valence-electron chi connectivity index (χ0n) is 14.8. The molecule has 5 heterocycles. The third-order valence-electron chi connectivity index (χ3n) is 5.56. The van der Waals surface area contributed by atoms with Gasteiger partial charge in [-0.2, -0.15) is 5.10 Å². The van der Waals surface area contributed by atoms with Gasteiger partial charge in [-0.1, -0.05) is 6.07 Å². The van der Waals surface area contributed by atoms with Gasteiger partial charge in [-0.05, 0) is 43.1 Å². The summed E-state index contributed by atoms with van der Waals surface area (Å²) in [6, 6.07) is 9.18. The van der Waals surface area contributed by atoms with Gasteiger partial charge in [-0.25, -0.2) is 9.50 Å². The van der Waals surface area contributed by atoms with Crippen molar-refractivity contribution < 1.29 is 4.79 Å². The van der Waals surface area contributed by atoms with Crippen molar-refractivity contribution in [3.8, 4) is 0 Å². The zero-order chi connectivity index (χ0) is 18.4. The molecule has 8 nitrogen and oxygen atoms in total. The van der Waals surface area contributed by atoms with Gasteiger partial charge in [0.2, 0.25) is 0 Å². The monoisotopic (exact) mass is 364 g/mol. The van der Waals surface area contributed by atoms with Crippen LogP contribution in [-0.2, 0) is 13.1 Å². The van der Waals surface area contributed by atoms with Crippen molar-refractivity contribution in [3.63, 3.8) is 0 Å². The second-order valence-electron chi connectivity index (χ2n) is 7.27. The molecule has 27 heavy (non-hydrogen) atoms. The Morgan fingerprint density at radius 3 is 3.11 bits per heavy atom. The number of fused-ring (bicyclic) bond motifs is 5. The molecule has 0 spiro atoms. The number of carbonyl (C=O) groups excluding carboxylic acids is 1. The van der Waals surface area contributed by atoms with Crippen molar-refractivity contribution in [2.75, 3.05) is 13.1 Å². The number of carbonyl (C=O) groups is 1. The van der Waals surface area contributed by atoms with Gasteiger partial charge in [0.05, 0.1) is 12.2 Å². The topological polar surface area (TPSA) is 93.3 Å². The van der Waals surface area contributed by atoms with E-state index in [1.54, 1.807) is 15.1 Å². The lowest BCUT2D eigenvalue weighted by Gasteiger charge is -2.37. The van der Waals surface area contributed by atoms with Crippen LogP contribution in [0.2, 0.25) is 0 Å².